The second-order valence-corrected chi connectivity index (χ2v) is 6.25. The second-order valence-electron chi connectivity index (χ2n) is 3.75. The molecule has 2 aromatic rings. The summed E-state index contributed by atoms with van der Waals surface area (Å²) in [6.07, 6.45) is 3.82. The fourth-order valence-corrected chi connectivity index (χ4v) is 2.70. The molecule has 7 heteroatoms. The Kier molecular flexibility index (Phi) is 4.86. The van der Waals surface area contributed by atoms with Gasteiger partial charge in [-0.05, 0) is 41.1 Å². The Hall–Kier alpha value is -1.47. The lowest BCUT2D eigenvalue weighted by Crippen LogP contribution is -2.23. The molecule has 0 aliphatic heterocycles. The first-order chi connectivity index (χ1) is 9.13. The minimum absolute atomic E-state index is 0.138. The molecule has 0 spiro atoms. The van der Waals surface area contributed by atoms with Crippen LogP contribution in [0.15, 0.2) is 26.5 Å². The summed E-state index contributed by atoms with van der Waals surface area (Å²) in [6, 6.07) is 3.89. The lowest BCUT2D eigenvalue weighted by Gasteiger charge is -1.97. The van der Waals surface area contributed by atoms with Gasteiger partial charge in [-0.15, -0.1) is 11.3 Å². The van der Waals surface area contributed by atoms with E-state index in [4.69, 9.17) is 4.52 Å². The number of carbonyl (C=O) groups is 1. The summed E-state index contributed by atoms with van der Waals surface area (Å²) in [6.45, 7) is 2.23. The Morgan fingerprint density at radius 3 is 3.05 bits per heavy atom. The molecule has 1 N–H and O–H groups in total. The number of rotatable bonds is 5. The number of hydrogen-bond donors (Lipinski definition) is 1. The van der Waals surface area contributed by atoms with Crippen molar-refractivity contribution in [3.8, 4) is 0 Å². The van der Waals surface area contributed by atoms with Gasteiger partial charge in [-0.2, -0.15) is 4.98 Å². The van der Waals surface area contributed by atoms with Crippen molar-refractivity contribution in [3.05, 3.63) is 38.6 Å². The zero-order chi connectivity index (χ0) is 13.7. The van der Waals surface area contributed by atoms with Gasteiger partial charge in [-0.25, -0.2) is 0 Å². The summed E-state index contributed by atoms with van der Waals surface area (Å²) in [5, 5.41) is 6.43. The Labute approximate surface area is 122 Å². The molecule has 0 atom stereocenters. The van der Waals surface area contributed by atoms with Gasteiger partial charge in [0.1, 0.15) is 0 Å². The fraction of sp³-hybridized carbons (Fsp3) is 0.250. The highest BCUT2D eigenvalue weighted by molar-refractivity contribution is 9.11. The predicted octanol–water partition coefficient (Wildman–Crippen LogP) is 2.57. The molecule has 0 radical (unpaired) electrons. The van der Waals surface area contributed by atoms with Crippen molar-refractivity contribution in [3.63, 3.8) is 0 Å². The molecule has 19 heavy (non-hydrogen) atoms. The average molecular weight is 342 g/mol. The van der Waals surface area contributed by atoms with Crippen LogP contribution in [0.25, 0.3) is 6.08 Å². The zero-order valence-corrected chi connectivity index (χ0v) is 12.6. The van der Waals surface area contributed by atoms with Crippen LogP contribution in [-0.2, 0) is 11.2 Å². The molecule has 2 rings (SSSR count). The molecule has 2 aromatic heterocycles. The van der Waals surface area contributed by atoms with E-state index in [0.29, 0.717) is 24.7 Å². The van der Waals surface area contributed by atoms with Crippen LogP contribution in [0.4, 0.5) is 0 Å². The minimum Gasteiger partial charge on any atom is -0.352 e. The van der Waals surface area contributed by atoms with Crippen molar-refractivity contribution in [1.29, 1.82) is 0 Å². The maximum Gasteiger partial charge on any atom is 0.244 e. The summed E-state index contributed by atoms with van der Waals surface area (Å²) in [5.41, 5.74) is 0. The normalized spacial score (nSPS) is 11.1. The van der Waals surface area contributed by atoms with Crippen LogP contribution in [0, 0.1) is 6.92 Å². The number of nitrogens with one attached hydrogen (secondary N) is 1. The van der Waals surface area contributed by atoms with Crippen molar-refractivity contribution in [2.24, 2.45) is 0 Å². The largest absolute Gasteiger partial charge is 0.352 e. The van der Waals surface area contributed by atoms with Crippen LogP contribution < -0.4 is 5.32 Å². The van der Waals surface area contributed by atoms with Crippen LogP contribution in [0.3, 0.4) is 0 Å². The number of nitrogens with zero attached hydrogens (tertiary/aromatic N) is 2. The van der Waals surface area contributed by atoms with E-state index in [1.165, 1.54) is 6.08 Å². The molecule has 5 nitrogen and oxygen atoms in total. The first-order valence-electron chi connectivity index (χ1n) is 5.64. The van der Waals surface area contributed by atoms with Gasteiger partial charge in [-0.3, -0.25) is 4.79 Å². The van der Waals surface area contributed by atoms with Crippen LogP contribution in [0.1, 0.15) is 16.6 Å². The van der Waals surface area contributed by atoms with E-state index in [9.17, 15) is 4.79 Å². The van der Waals surface area contributed by atoms with E-state index in [1.807, 2.05) is 12.1 Å². The molecule has 2 heterocycles. The Morgan fingerprint density at radius 2 is 2.42 bits per heavy atom. The highest BCUT2D eigenvalue weighted by atomic mass is 79.9. The third kappa shape index (κ3) is 4.60. The molecule has 0 aromatic carbocycles. The Bertz CT molecular complexity index is 591. The molecule has 1 amide bonds. The number of amides is 1. The summed E-state index contributed by atoms with van der Waals surface area (Å²) in [5.74, 6) is 0.995. The monoisotopic (exact) mass is 341 g/mol. The zero-order valence-electron chi connectivity index (χ0n) is 10.2. The van der Waals surface area contributed by atoms with Crippen molar-refractivity contribution >= 4 is 39.2 Å². The molecule has 0 bridgehead atoms. The summed E-state index contributed by atoms with van der Waals surface area (Å²) in [7, 11) is 0. The van der Waals surface area contributed by atoms with Crippen LogP contribution in [-0.4, -0.2) is 22.6 Å². The smallest absolute Gasteiger partial charge is 0.244 e. The quantitative estimate of drug-likeness (QED) is 0.848. The Balaban J connectivity index is 1.74. The SMILES string of the molecule is Cc1noc(CCNC(=O)C=Cc2ccc(Br)s2)n1. The average Bonchev–Trinajstić information content (AvgIpc) is 2.96. The molecular weight excluding hydrogens is 330 g/mol. The number of carbonyl (C=O) groups excluding carboxylic acids is 1. The van der Waals surface area contributed by atoms with Gasteiger partial charge in [-0.1, -0.05) is 5.16 Å². The van der Waals surface area contributed by atoms with Crippen LogP contribution >= 0.6 is 27.3 Å². The predicted molar refractivity (Wildman–Crippen MR) is 76.8 cm³/mol. The van der Waals surface area contributed by atoms with E-state index >= 15 is 0 Å². The lowest BCUT2D eigenvalue weighted by atomic mass is 10.3. The first-order valence-corrected chi connectivity index (χ1v) is 7.25. The summed E-state index contributed by atoms with van der Waals surface area (Å²) >= 11 is 4.94. The van der Waals surface area contributed by atoms with Crippen molar-refractivity contribution < 1.29 is 9.32 Å². The van der Waals surface area contributed by atoms with Crippen molar-refractivity contribution in [2.45, 2.75) is 13.3 Å². The third-order valence-electron chi connectivity index (χ3n) is 2.20. The number of aromatic nitrogens is 2. The molecule has 0 unspecified atom stereocenters. The molecule has 0 aliphatic rings. The minimum atomic E-state index is -0.138. The molecule has 0 saturated carbocycles. The maximum absolute atomic E-state index is 11.5. The van der Waals surface area contributed by atoms with Crippen molar-refractivity contribution in [1.82, 2.24) is 15.5 Å². The highest BCUT2D eigenvalue weighted by Gasteiger charge is 2.03. The summed E-state index contributed by atoms with van der Waals surface area (Å²) < 4.78 is 5.99. The number of aryl methyl sites for hydroxylation is 1. The van der Waals surface area contributed by atoms with Gasteiger partial charge in [0.05, 0.1) is 3.79 Å². The molecule has 0 fully saturated rings. The maximum atomic E-state index is 11.5. The third-order valence-corrected chi connectivity index (χ3v) is 3.79. The van der Waals surface area contributed by atoms with E-state index in [-0.39, 0.29) is 5.91 Å². The number of halogens is 1. The van der Waals surface area contributed by atoms with Crippen LogP contribution in [0.2, 0.25) is 0 Å². The van der Waals surface area contributed by atoms with E-state index in [2.05, 4.69) is 31.4 Å². The summed E-state index contributed by atoms with van der Waals surface area (Å²) in [4.78, 5) is 16.6. The first kappa shape index (κ1) is 14.0. The highest BCUT2D eigenvalue weighted by Crippen LogP contribution is 2.22. The van der Waals surface area contributed by atoms with E-state index in [0.717, 1.165) is 8.66 Å². The topological polar surface area (TPSA) is 68.0 Å². The van der Waals surface area contributed by atoms with Gasteiger partial charge in [0, 0.05) is 23.9 Å². The van der Waals surface area contributed by atoms with Gasteiger partial charge in [0.2, 0.25) is 11.8 Å². The molecular formula is C12H12BrN3O2S. The lowest BCUT2D eigenvalue weighted by molar-refractivity contribution is -0.116. The van der Waals surface area contributed by atoms with Crippen LogP contribution in [0.5, 0.6) is 0 Å². The fourth-order valence-electron chi connectivity index (χ4n) is 1.37. The van der Waals surface area contributed by atoms with E-state index in [1.54, 1.807) is 24.3 Å². The molecule has 0 aliphatic carbocycles. The van der Waals surface area contributed by atoms with Gasteiger partial charge >= 0.3 is 0 Å². The van der Waals surface area contributed by atoms with E-state index < -0.39 is 0 Å². The molecule has 0 saturated heterocycles. The standard InChI is InChI=1S/C12H12BrN3O2S/c1-8-15-12(18-16-8)6-7-14-11(17)5-3-9-2-4-10(13)19-9/h2-5H,6-7H2,1H3,(H,14,17). The van der Waals surface area contributed by atoms with Gasteiger partial charge in [0.15, 0.2) is 5.82 Å². The van der Waals surface area contributed by atoms with Gasteiger partial charge < -0.3 is 9.84 Å². The number of hydrogen-bond acceptors (Lipinski definition) is 5. The number of thiophene rings is 1. The Morgan fingerprint density at radius 1 is 1.58 bits per heavy atom. The molecule has 100 valence electrons. The van der Waals surface area contributed by atoms with Crippen molar-refractivity contribution in [2.75, 3.05) is 6.54 Å². The van der Waals surface area contributed by atoms with Gasteiger partial charge in [0.25, 0.3) is 0 Å². The second kappa shape index (κ2) is 6.63.